The minimum absolute atomic E-state index is 0.0891. The number of hydrogen-bond acceptors (Lipinski definition) is 5. The van der Waals surface area contributed by atoms with E-state index in [4.69, 9.17) is 9.84 Å². The molecule has 2 aromatic rings. The van der Waals surface area contributed by atoms with Crippen molar-refractivity contribution < 1.29 is 9.84 Å². The van der Waals surface area contributed by atoms with Gasteiger partial charge in [0.2, 0.25) is 11.8 Å². The van der Waals surface area contributed by atoms with Gasteiger partial charge in [0.1, 0.15) is 5.75 Å². The van der Waals surface area contributed by atoms with E-state index in [1.54, 1.807) is 6.07 Å². The zero-order valence-electron chi connectivity index (χ0n) is 11.8. The SMILES string of the molecule is CCNc1nc(C)cc(Oc2ccccc2CCO)n1. The highest BCUT2D eigenvalue weighted by Crippen LogP contribution is 2.25. The highest BCUT2D eigenvalue weighted by atomic mass is 16.5. The standard InChI is InChI=1S/C15H19N3O2/c1-3-16-15-17-11(2)10-14(18-15)20-13-7-5-4-6-12(13)8-9-19/h4-7,10,19H,3,8-9H2,1-2H3,(H,16,17,18). The topological polar surface area (TPSA) is 67.3 Å². The lowest BCUT2D eigenvalue weighted by Crippen LogP contribution is -2.04. The fraction of sp³-hybridized carbons (Fsp3) is 0.333. The predicted molar refractivity (Wildman–Crippen MR) is 78.2 cm³/mol. The molecule has 0 atom stereocenters. The van der Waals surface area contributed by atoms with Crippen LogP contribution in [0.15, 0.2) is 30.3 Å². The second kappa shape index (κ2) is 6.86. The Labute approximate surface area is 118 Å². The van der Waals surface area contributed by atoms with Gasteiger partial charge in [0.25, 0.3) is 0 Å². The molecule has 0 spiro atoms. The predicted octanol–water partition coefficient (Wildman–Crippen LogP) is 2.54. The van der Waals surface area contributed by atoms with Crippen molar-refractivity contribution in [1.29, 1.82) is 0 Å². The first kappa shape index (κ1) is 14.3. The Kier molecular flexibility index (Phi) is 4.90. The molecule has 0 bridgehead atoms. The number of aliphatic hydroxyl groups excluding tert-OH is 1. The molecule has 1 heterocycles. The van der Waals surface area contributed by atoms with Crippen LogP contribution in [0.25, 0.3) is 0 Å². The fourth-order valence-corrected chi connectivity index (χ4v) is 1.87. The Bertz CT molecular complexity index is 573. The summed E-state index contributed by atoms with van der Waals surface area (Å²) >= 11 is 0. The van der Waals surface area contributed by atoms with Gasteiger partial charge in [-0.3, -0.25) is 0 Å². The molecule has 0 radical (unpaired) electrons. The summed E-state index contributed by atoms with van der Waals surface area (Å²) in [4.78, 5) is 8.59. The van der Waals surface area contributed by atoms with Crippen LogP contribution in [-0.2, 0) is 6.42 Å². The Hall–Kier alpha value is -2.14. The molecule has 0 aliphatic rings. The lowest BCUT2D eigenvalue weighted by atomic mass is 10.1. The molecule has 106 valence electrons. The van der Waals surface area contributed by atoms with Crippen molar-refractivity contribution >= 4 is 5.95 Å². The van der Waals surface area contributed by atoms with E-state index in [9.17, 15) is 0 Å². The first-order valence-corrected chi connectivity index (χ1v) is 6.69. The maximum absolute atomic E-state index is 9.08. The number of para-hydroxylation sites is 1. The zero-order valence-corrected chi connectivity index (χ0v) is 11.8. The summed E-state index contributed by atoms with van der Waals surface area (Å²) in [6.07, 6.45) is 0.556. The number of nitrogens with zero attached hydrogens (tertiary/aromatic N) is 2. The number of rotatable bonds is 6. The third-order valence-corrected chi connectivity index (χ3v) is 2.73. The van der Waals surface area contributed by atoms with Crippen LogP contribution >= 0.6 is 0 Å². The molecular formula is C15H19N3O2. The van der Waals surface area contributed by atoms with Crippen LogP contribution in [0, 0.1) is 6.92 Å². The third kappa shape index (κ3) is 3.68. The van der Waals surface area contributed by atoms with Crippen LogP contribution in [0.5, 0.6) is 11.6 Å². The lowest BCUT2D eigenvalue weighted by Gasteiger charge is -2.11. The molecule has 5 heteroatoms. The number of aliphatic hydroxyl groups is 1. The molecule has 2 rings (SSSR count). The number of aromatic nitrogens is 2. The average Bonchev–Trinajstić information content (AvgIpc) is 2.41. The van der Waals surface area contributed by atoms with Crippen LogP contribution in [0.4, 0.5) is 5.95 Å². The minimum atomic E-state index is 0.0891. The number of ether oxygens (including phenoxy) is 1. The zero-order chi connectivity index (χ0) is 14.4. The van der Waals surface area contributed by atoms with Gasteiger partial charge < -0.3 is 15.2 Å². The van der Waals surface area contributed by atoms with Crippen LogP contribution < -0.4 is 10.1 Å². The van der Waals surface area contributed by atoms with Crippen LogP contribution in [-0.4, -0.2) is 28.2 Å². The van der Waals surface area contributed by atoms with Crippen molar-refractivity contribution in [3.8, 4) is 11.6 Å². The van der Waals surface area contributed by atoms with E-state index in [0.717, 1.165) is 17.8 Å². The van der Waals surface area contributed by atoms with E-state index < -0.39 is 0 Å². The van der Waals surface area contributed by atoms with E-state index in [1.807, 2.05) is 38.1 Å². The summed E-state index contributed by atoms with van der Waals surface area (Å²) in [5, 5.41) is 12.1. The minimum Gasteiger partial charge on any atom is -0.439 e. The molecule has 0 unspecified atom stereocenters. The third-order valence-electron chi connectivity index (χ3n) is 2.73. The van der Waals surface area contributed by atoms with Gasteiger partial charge in [-0.15, -0.1) is 0 Å². The molecule has 0 aliphatic heterocycles. The molecule has 0 fully saturated rings. The smallest absolute Gasteiger partial charge is 0.226 e. The van der Waals surface area contributed by atoms with E-state index in [0.29, 0.717) is 24.0 Å². The maximum atomic E-state index is 9.08. The fourth-order valence-electron chi connectivity index (χ4n) is 1.87. The Morgan fingerprint density at radius 3 is 2.80 bits per heavy atom. The van der Waals surface area contributed by atoms with Gasteiger partial charge in [-0.25, -0.2) is 4.98 Å². The highest BCUT2D eigenvalue weighted by molar-refractivity contribution is 5.38. The first-order chi connectivity index (χ1) is 9.72. The van der Waals surface area contributed by atoms with Crippen LogP contribution in [0.1, 0.15) is 18.2 Å². The van der Waals surface area contributed by atoms with E-state index in [2.05, 4.69) is 15.3 Å². The van der Waals surface area contributed by atoms with Crippen molar-refractivity contribution in [2.75, 3.05) is 18.5 Å². The van der Waals surface area contributed by atoms with Crippen molar-refractivity contribution in [1.82, 2.24) is 9.97 Å². The molecule has 5 nitrogen and oxygen atoms in total. The molecule has 1 aromatic carbocycles. The van der Waals surface area contributed by atoms with Gasteiger partial charge in [0.15, 0.2) is 0 Å². The second-order valence-electron chi connectivity index (χ2n) is 4.38. The molecule has 20 heavy (non-hydrogen) atoms. The molecular weight excluding hydrogens is 254 g/mol. The van der Waals surface area contributed by atoms with Crippen LogP contribution in [0.2, 0.25) is 0 Å². The highest BCUT2D eigenvalue weighted by Gasteiger charge is 2.07. The Balaban J connectivity index is 2.25. The van der Waals surface area contributed by atoms with Crippen molar-refractivity contribution in [2.24, 2.45) is 0 Å². The maximum Gasteiger partial charge on any atom is 0.226 e. The molecule has 0 saturated carbocycles. The molecule has 0 amide bonds. The number of nitrogens with one attached hydrogen (secondary N) is 1. The Morgan fingerprint density at radius 1 is 1.25 bits per heavy atom. The van der Waals surface area contributed by atoms with Crippen molar-refractivity contribution in [2.45, 2.75) is 20.3 Å². The van der Waals surface area contributed by atoms with Gasteiger partial charge in [0, 0.05) is 24.9 Å². The summed E-state index contributed by atoms with van der Waals surface area (Å²) in [6, 6.07) is 9.42. The number of aryl methyl sites for hydroxylation is 1. The second-order valence-corrected chi connectivity index (χ2v) is 4.38. The summed E-state index contributed by atoms with van der Waals surface area (Å²) in [7, 11) is 0. The normalized spacial score (nSPS) is 10.3. The van der Waals surface area contributed by atoms with Crippen LogP contribution in [0.3, 0.4) is 0 Å². The van der Waals surface area contributed by atoms with E-state index in [1.165, 1.54) is 0 Å². The molecule has 0 aliphatic carbocycles. The van der Waals surface area contributed by atoms with E-state index >= 15 is 0 Å². The first-order valence-electron chi connectivity index (χ1n) is 6.69. The van der Waals surface area contributed by atoms with Gasteiger partial charge in [-0.2, -0.15) is 4.98 Å². The van der Waals surface area contributed by atoms with Gasteiger partial charge in [-0.1, -0.05) is 18.2 Å². The Morgan fingerprint density at radius 2 is 2.05 bits per heavy atom. The van der Waals surface area contributed by atoms with E-state index in [-0.39, 0.29) is 6.61 Å². The van der Waals surface area contributed by atoms with Crippen molar-refractivity contribution in [3.05, 3.63) is 41.6 Å². The molecule has 2 N–H and O–H groups in total. The quantitative estimate of drug-likeness (QED) is 0.846. The summed E-state index contributed by atoms with van der Waals surface area (Å²) in [5.74, 6) is 1.77. The van der Waals surface area contributed by atoms with Gasteiger partial charge >= 0.3 is 0 Å². The number of benzene rings is 1. The summed E-state index contributed by atoms with van der Waals surface area (Å²) in [6.45, 7) is 4.73. The summed E-state index contributed by atoms with van der Waals surface area (Å²) < 4.78 is 5.83. The number of anilines is 1. The van der Waals surface area contributed by atoms with Gasteiger partial charge in [-0.05, 0) is 31.9 Å². The largest absolute Gasteiger partial charge is 0.439 e. The lowest BCUT2D eigenvalue weighted by molar-refractivity contribution is 0.297. The monoisotopic (exact) mass is 273 g/mol. The molecule has 1 aromatic heterocycles. The van der Waals surface area contributed by atoms with Crippen molar-refractivity contribution in [3.63, 3.8) is 0 Å². The number of hydrogen-bond donors (Lipinski definition) is 2. The average molecular weight is 273 g/mol. The van der Waals surface area contributed by atoms with Gasteiger partial charge in [0.05, 0.1) is 0 Å². The summed E-state index contributed by atoms with van der Waals surface area (Å²) in [5.41, 5.74) is 1.79. The molecule has 0 saturated heterocycles.